The van der Waals surface area contributed by atoms with Crippen molar-refractivity contribution in [2.45, 2.75) is 51.6 Å². The molecule has 0 N–H and O–H groups in total. The Bertz CT molecular complexity index is 579. The van der Waals surface area contributed by atoms with Crippen molar-refractivity contribution >= 4 is 5.49 Å². The normalized spacial score (nSPS) is 36.8. The first-order valence-electron chi connectivity index (χ1n) is 11.5. The van der Waals surface area contributed by atoms with Crippen molar-refractivity contribution in [1.82, 2.24) is 0 Å². The van der Waals surface area contributed by atoms with Crippen LogP contribution in [0.15, 0.2) is 48.6 Å². The smallest absolute Gasteiger partial charge is 1.00 e. The molecular weight excluding hydrogens is 590 g/mol. The van der Waals surface area contributed by atoms with Gasteiger partial charge in [0.15, 0.2) is 0 Å². The summed E-state index contributed by atoms with van der Waals surface area (Å²) in [5.74, 6) is 7.29. The fraction of sp³-hybridized carbons (Fsp3) is 0.615. The van der Waals surface area contributed by atoms with Crippen LogP contribution in [0.4, 0.5) is 0 Å². The van der Waals surface area contributed by atoms with Crippen LogP contribution < -0.4 is 24.8 Å². The van der Waals surface area contributed by atoms with Gasteiger partial charge in [-0.25, -0.2) is 0 Å². The predicted molar refractivity (Wildman–Crippen MR) is 118 cm³/mol. The Labute approximate surface area is 212 Å². The van der Waals surface area contributed by atoms with Gasteiger partial charge in [0.2, 0.25) is 0 Å². The number of rotatable bonds is 2. The summed E-state index contributed by atoms with van der Waals surface area (Å²) in [6.45, 7) is 4.66. The number of hydrogen-bond acceptors (Lipinski definition) is 0. The quantitative estimate of drug-likeness (QED) is 0.314. The minimum atomic E-state index is 0. The maximum atomic E-state index is 2.60. The van der Waals surface area contributed by atoms with Gasteiger partial charge in [0.05, 0.1) is 0 Å². The van der Waals surface area contributed by atoms with Gasteiger partial charge in [-0.15, -0.1) is 24.0 Å². The van der Waals surface area contributed by atoms with E-state index in [0.717, 1.165) is 47.3 Å². The molecule has 0 aliphatic heterocycles. The van der Waals surface area contributed by atoms with E-state index in [-0.39, 0.29) is 30.3 Å². The number of allylic oxidation sites excluding steroid dienone is 8. The number of hydrogen-bond donors (Lipinski definition) is 0. The monoisotopic (exact) mass is 626 g/mol. The van der Waals surface area contributed by atoms with E-state index in [0.29, 0.717) is 0 Å². The van der Waals surface area contributed by atoms with Crippen molar-refractivity contribution in [3.8, 4) is 0 Å². The van der Waals surface area contributed by atoms with Crippen LogP contribution in [0, 0.1) is 60.2 Å². The molecule has 6 aliphatic carbocycles. The van der Waals surface area contributed by atoms with E-state index < -0.39 is 0 Å². The van der Waals surface area contributed by atoms with Crippen molar-refractivity contribution in [2.75, 3.05) is 0 Å². The Morgan fingerprint density at radius 2 is 1.00 bits per heavy atom. The molecule has 30 heavy (non-hydrogen) atoms. The molecule has 6 unspecified atom stereocenters. The van der Waals surface area contributed by atoms with E-state index in [1.807, 2.05) is 0 Å². The molecule has 0 nitrogen and oxygen atoms in total. The van der Waals surface area contributed by atoms with Crippen LogP contribution in [0.5, 0.6) is 0 Å². The molecule has 0 aromatic heterocycles. The van der Waals surface area contributed by atoms with E-state index >= 15 is 0 Å². The van der Waals surface area contributed by atoms with Gasteiger partial charge in [-0.05, 0) is 11.8 Å². The van der Waals surface area contributed by atoms with Gasteiger partial charge in [-0.1, -0.05) is 86.8 Å². The Morgan fingerprint density at radius 3 is 1.30 bits per heavy atom. The third-order valence-electron chi connectivity index (χ3n) is 7.08. The van der Waals surface area contributed by atoms with Gasteiger partial charge >= 0.3 is 41.6 Å². The summed E-state index contributed by atoms with van der Waals surface area (Å²) in [5.41, 5.74) is 0.259. The summed E-state index contributed by atoms with van der Waals surface area (Å²) >= 11 is 1.45. The average Bonchev–Trinajstić information content (AvgIpc) is 3.61. The first kappa shape index (κ1) is 26.9. The van der Waals surface area contributed by atoms with Gasteiger partial charge in [0, 0.05) is 0 Å². The second kappa shape index (κ2) is 12.8. The molecule has 164 valence electrons. The number of fused-ring (bicyclic) bond motifs is 2. The molecule has 0 amide bonds. The Balaban J connectivity index is 0.000000173. The second-order valence-electron chi connectivity index (χ2n) is 9.88. The minimum Gasteiger partial charge on any atom is -1.00 e. The summed E-state index contributed by atoms with van der Waals surface area (Å²) in [6, 6.07) is 0. The summed E-state index contributed by atoms with van der Waals surface area (Å²) < 4.78 is 0. The molecule has 4 heteroatoms. The van der Waals surface area contributed by atoms with E-state index in [1.165, 1.54) is 61.5 Å². The van der Waals surface area contributed by atoms with E-state index in [2.05, 4.69) is 74.5 Å². The van der Waals surface area contributed by atoms with E-state index in [1.54, 1.807) is 0 Å². The minimum absolute atomic E-state index is 0. The molecular formula is C26H36Cl2HfSi-2. The molecule has 0 saturated heterocycles. The van der Waals surface area contributed by atoms with Crippen molar-refractivity contribution in [2.24, 2.45) is 47.3 Å². The fourth-order valence-corrected chi connectivity index (χ4v) is 5.33. The summed E-state index contributed by atoms with van der Waals surface area (Å²) in [7, 11) is 0. The van der Waals surface area contributed by atoms with Crippen LogP contribution in [0.3, 0.4) is 0 Å². The molecule has 0 aromatic carbocycles. The Kier molecular flexibility index (Phi) is 11.4. The molecule has 0 bridgehead atoms. The third-order valence-corrected chi connectivity index (χ3v) is 7.08. The van der Waals surface area contributed by atoms with Crippen molar-refractivity contribution in [3.05, 3.63) is 61.4 Å². The summed E-state index contributed by atoms with van der Waals surface area (Å²) in [5, 5.41) is 0. The Morgan fingerprint density at radius 1 is 0.667 bits per heavy atom. The van der Waals surface area contributed by atoms with E-state index in [4.69, 9.17) is 0 Å². The van der Waals surface area contributed by atoms with E-state index in [9.17, 15) is 0 Å². The third kappa shape index (κ3) is 7.89. The molecule has 6 rings (SSSR count). The molecule has 6 aliphatic rings. The van der Waals surface area contributed by atoms with Crippen LogP contribution in [0.2, 0.25) is 13.1 Å². The van der Waals surface area contributed by atoms with Gasteiger partial charge < -0.3 is 37.7 Å². The predicted octanol–water partition coefficient (Wildman–Crippen LogP) is 0.750. The van der Waals surface area contributed by atoms with Crippen molar-refractivity contribution in [1.29, 1.82) is 0 Å². The van der Waals surface area contributed by atoms with Crippen LogP contribution >= 0.6 is 0 Å². The molecule has 0 aromatic rings. The summed E-state index contributed by atoms with van der Waals surface area (Å²) in [4.78, 5) is 0. The molecule has 4 fully saturated rings. The van der Waals surface area contributed by atoms with Crippen LogP contribution in [-0.4, -0.2) is 5.49 Å². The second-order valence-corrected chi connectivity index (χ2v) is 22.7. The van der Waals surface area contributed by atoms with Gasteiger partial charge in [-0.2, -0.15) is 11.8 Å². The topological polar surface area (TPSA) is 0 Å². The first-order chi connectivity index (χ1) is 13.6. The first-order valence-corrected chi connectivity index (χ1v) is 19.4. The Hall–Kier alpha value is 0.627. The number of halogens is 2. The molecule has 0 spiro atoms. The zero-order valence-corrected chi connectivity index (χ0v) is 24.5. The van der Waals surface area contributed by atoms with Crippen LogP contribution in [0.25, 0.3) is 0 Å². The average molecular weight is 626 g/mol. The van der Waals surface area contributed by atoms with Crippen LogP contribution in [-0.2, 0) is 23.0 Å². The SMILES string of the molecule is C1=CC2[CH-]C(C3CC3)CC2C=C1.C1=CC2[CH-]C(C3CC3)CC2C=C1.C[Si](C)=[Hf+2].[Cl-].[Cl-]. The van der Waals surface area contributed by atoms with Crippen LogP contribution in [0.1, 0.15) is 38.5 Å². The molecule has 6 atom stereocenters. The maximum absolute atomic E-state index is 2.60. The largest absolute Gasteiger partial charge is 1.00 e. The molecule has 0 heterocycles. The molecule has 4 saturated carbocycles. The van der Waals surface area contributed by atoms with Gasteiger partial charge in [-0.3, -0.25) is 0 Å². The van der Waals surface area contributed by atoms with Crippen molar-refractivity contribution < 1.29 is 47.8 Å². The standard InChI is InChI=1S/2C12H15.C2H6Si.2ClH.Hf/c2*1-2-4-11-8-12(9-5-6-9)7-10(11)3-1;1-3-2;;;/h2*1-4,7,9-12H,5-6,8H2;1-2H3;2*1H;/q2*-1;;;;+2/p-2. The van der Waals surface area contributed by atoms with Crippen molar-refractivity contribution in [3.63, 3.8) is 0 Å². The zero-order valence-electron chi connectivity index (χ0n) is 18.4. The maximum Gasteiger partial charge on any atom is -1.00 e. The van der Waals surface area contributed by atoms with Gasteiger partial charge in [0.1, 0.15) is 0 Å². The zero-order chi connectivity index (χ0) is 19.5. The fourth-order valence-electron chi connectivity index (χ4n) is 5.33. The van der Waals surface area contributed by atoms with Gasteiger partial charge in [0.25, 0.3) is 0 Å². The summed E-state index contributed by atoms with van der Waals surface area (Å²) in [6.07, 6.45) is 32.4. The molecule has 0 radical (unpaired) electrons.